The first kappa shape index (κ1) is 14.5. The molecule has 22 heavy (non-hydrogen) atoms. The summed E-state index contributed by atoms with van der Waals surface area (Å²) in [5.41, 5.74) is 1.71. The van der Waals surface area contributed by atoms with Gasteiger partial charge in [0.25, 0.3) is 5.91 Å². The van der Waals surface area contributed by atoms with E-state index in [1.165, 1.54) is 12.3 Å². The molecule has 1 amide bonds. The summed E-state index contributed by atoms with van der Waals surface area (Å²) in [4.78, 5) is 29.1. The van der Waals surface area contributed by atoms with Crippen molar-refractivity contribution in [2.75, 3.05) is 19.7 Å². The Labute approximate surface area is 128 Å². The van der Waals surface area contributed by atoms with Gasteiger partial charge in [0.1, 0.15) is 11.7 Å². The highest BCUT2D eigenvalue weighted by Crippen LogP contribution is 2.22. The third-order valence-corrected chi connectivity index (χ3v) is 3.81. The minimum atomic E-state index is -0.246. The second-order valence-electron chi connectivity index (χ2n) is 5.42. The number of H-pyrrole nitrogens is 1. The molecular formula is C17H18N2O3. The van der Waals surface area contributed by atoms with E-state index in [1.54, 1.807) is 11.8 Å². The number of aromatic amines is 1. The Kier molecular flexibility index (Phi) is 4.06. The maximum absolute atomic E-state index is 12.6. The Morgan fingerprint density at radius 2 is 2.09 bits per heavy atom. The van der Waals surface area contributed by atoms with Crippen LogP contribution in [0.1, 0.15) is 27.7 Å². The number of morpholine rings is 1. The lowest BCUT2D eigenvalue weighted by atomic mass is 10.1. The van der Waals surface area contributed by atoms with Crippen molar-refractivity contribution in [3.05, 3.63) is 69.6 Å². The summed E-state index contributed by atoms with van der Waals surface area (Å²) in [5.74, 6) is -0.245. The minimum Gasteiger partial charge on any atom is -0.370 e. The van der Waals surface area contributed by atoms with Crippen molar-refractivity contribution in [2.45, 2.75) is 13.0 Å². The summed E-state index contributed by atoms with van der Waals surface area (Å²) in [6.07, 6.45) is 1.34. The third kappa shape index (κ3) is 2.94. The standard InChI is InChI=1S/C17H18N2O3/c1-12-9-15(20)14(10-18-12)17(21)19-7-8-22-16(11-19)13-5-3-2-4-6-13/h2-6,9-10,16H,7-8,11H2,1H3,(H,18,20)/t16-/m0/s1. The Morgan fingerprint density at radius 3 is 2.82 bits per heavy atom. The largest absolute Gasteiger partial charge is 0.370 e. The molecule has 5 heteroatoms. The molecule has 2 aromatic rings. The number of rotatable bonds is 2. The zero-order valence-electron chi connectivity index (χ0n) is 12.4. The summed E-state index contributed by atoms with van der Waals surface area (Å²) in [6.45, 7) is 3.20. The van der Waals surface area contributed by atoms with Gasteiger partial charge >= 0.3 is 0 Å². The molecule has 1 aromatic heterocycles. The molecule has 1 aromatic carbocycles. The van der Waals surface area contributed by atoms with Gasteiger partial charge in [-0.25, -0.2) is 0 Å². The second kappa shape index (κ2) is 6.15. The van der Waals surface area contributed by atoms with Gasteiger partial charge in [-0.1, -0.05) is 30.3 Å². The Hall–Kier alpha value is -2.40. The van der Waals surface area contributed by atoms with Gasteiger partial charge in [0.15, 0.2) is 5.43 Å². The highest BCUT2D eigenvalue weighted by atomic mass is 16.5. The van der Waals surface area contributed by atoms with Crippen LogP contribution in [0, 0.1) is 6.92 Å². The van der Waals surface area contributed by atoms with Crippen LogP contribution < -0.4 is 5.43 Å². The quantitative estimate of drug-likeness (QED) is 0.921. The molecule has 1 aliphatic rings. The van der Waals surface area contributed by atoms with E-state index >= 15 is 0 Å². The first-order chi connectivity index (χ1) is 10.6. The first-order valence-electron chi connectivity index (χ1n) is 7.30. The molecule has 3 rings (SSSR count). The van der Waals surface area contributed by atoms with Gasteiger partial charge in [0.05, 0.1) is 13.2 Å². The second-order valence-corrected chi connectivity index (χ2v) is 5.42. The Balaban J connectivity index is 1.80. The molecule has 0 saturated carbocycles. The minimum absolute atomic E-state index is 0.150. The van der Waals surface area contributed by atoms with Crippen molar-refractivity contribution >= 4 is 5.91 Å². The molecule has 1 aliphatic heterocycles. The van der Waals surface area contributed by atoms with Gasteiger partial charge in [0.2, 0.25) is 0 Å². The van der Waals surface area contributed by atoms with Crippen molar-refractivity contribution < 1.29 is 9.53 Å². The summed E-state index contributed by atoms with van der Waals surface area (Å²) in [6, 6.07) is 11.3. The van der Waals surface area contributed by atoms with Gasteiger partial charge < -0.3 is 14.6 Å². The summed E-state index contributed by atoms with van der Waals surface area (Å²) >= 11 is 0. The number of aryl methyl sites for hydroxylation is 1. The van der Waals surface area contributed by atoms with Crippen molar-refractivity contribution in [1.82, 2.24) is 9.88 Å². The number of amides is 1. The number of nitrogens with zero attached hydrogens (tertiary/aromatic N) is 1. The van der Waals surface area contributed by atoms with Crippen molar-refractivity contribution in [3.63, 3.8) is 0 Å². The van der Waals surface area contributed by atoms with Crippen molar-refractivity contribution in [3.8, 4) is 0 Å². The maximum Gasteiger partial charge on any atom is 0.259 e. The zero-order chi connectivity index (χ0) is 15.5. The van der Waals surface area contributed by atoms with Gasteiger partial charge in [-0.3, -0.25) is 9.59 Å². The topological polar surface area (TPSA) is 62.4 Å². The van der Waals surface area contributed by atoms with E-state index in [2.05, 4.69) is 4.98 Å². The van der Waals surface area contributed by atoms with Crippen LogP contribution in [-0.4, -0.2) is 35.5 Å². The molecule has 0 spiro atoms. The van der Waals surface area contributed by atoms with E-state index in [1.807, 2.05) is 30.3 Å². The fraction of sp³-hybridized carbons (Fsp3) is 0.294. The zero-order valence-corrected chi connectivity index (χ0v) is 12.4. The number of nitrogens with one attached hydrogen (secondary N) is 1. The number of ether oxygens (including phenoxy) is 1. The maximum atomic E-state index is 12.6. The van der Waals surface area contributed by atoms with Crippen LogP contribution in [0.15, 0.2) is 47.4 Å². The predicted octanol–water partition coefficient (Wildman–Crippen LogP) is 1.90. The van der Waals surface area contributed by atoms with E-state index in [4.69, 9.17) is 4.74 Å². The molecule has 114 valence electrons. The van der Waals surface area contributed by atoms with Crippen LogP contribution in [0.3, 0.4) is 0 Å². The van der Waals surface area contributed by atoms with Gasteiger partial charge in [0, 0.05) is 24.5 Å². The molecule has 1 atom stereocenters. The molecule has 1 N–H and O–H groups in total. The van der Waals surface area contributed by atoms with Crippen LogP contribution >= 0.6 is 0 Å². The lowest BCUT2D eigenvalue weighted by Crippen LogP contribution is -2.43. The number of hydrogen-bond donors (Lipinski definition) is 1. The van der Waals surface area contributed by atoms with Crippen molar-refractivity contribution in [2.24, 2.45) is 0 Å². The highest BCUT2D eigenvalue weighted by molar-refractivity contribution is 5.93. The third-order valence-electron chi connectivity index (χ3n) is 3.81. The fourth-order valence-corrected chi connectivity index (χ4v) is 2.61. The summed E-state index contributed by atoms with van der Waals surface area (Å²) < 4.78 is 5.75. The molecular weight excluding hydrogens is 280 g/mol. The molecule has 0 aliphatic carbocycles. The fourth-order valence-electron chi connectivity index (χ4n) is 2.61. The molecule has 0 unspecified atom stereocenters. The van der Waals surface area contributed by atoms with Gasteiger partial charge in [-0.15, -0.1) is 0 Å². The van der Waals surface area contributed by atoms with Crippen molar-refractivity contribution in [1.29, 1.82) is 0 Å². The Morgan fingerprint density at radius 1 is 1.32 bits per heavy atom. The average Bonchev–Trinajstić information content (AvgIpc) is 2.55. The lowest BCUT2D eigenvalue weighted by molar-refractivity contribution is -0.0228. The van der Waals surface area contributed by atoms with E-state index in [0.29, 0.717) is 19.7 Å². The first-order valence-corrected chi connectivity index (χ1v) is 7.30. The number of benzene rings is 1. The lowest BCUT2D eigenvalue weighted by Gasteiger charge is -2.33. The summed E-state index contributed by atoms with van der Waals surface area (Å²) in [7, 11) is 0. The van der Waals surface area contributed by atoms with Gasteiger partial charge in [-0.05, 0) is 12.5 Å². The van der Waals surface area contributed by atoms with Gasteiger partial charge in [-0.2, -0.15) is 0 Å². The Bertz CT molecular complexity index is 724. The van der Waals surface area contributed by atoms with E-state index in [0.717, 1.165) is 11.3 Å². The summed E-state index contributed by atoms with van der Waals surface area (Å²) in [5, 5.41) is 0. The van der Waals surface area contributed by atoms with Crippen LogP contribution in [0.2, 0.25) is 0 Å². The SMILES string of the molecule is Cc1cc(=O)c(C(=O)N2CCO[C@H](c3ccccc3)C2)c[nH]1. The molecule has 0 radical (unpaired) electrons. The molecule has 0 bridgehead atoms. The van der Waals surface area contributed by atoms with Crippen LogP contribution in [0.5, 0.6) is 0 Å². The normalized spacial score (nSPS) is 18.2. The number of pyridine rings is 1. The van der Waals surface area contributed by atoms with E-state index in [-0.39, 0.29) is 23.0 Å². The molecule has 1 fully saturated rings. The molecule has 5 nitrogen and oxygen atoms in total. The van der Waals surface area contributed by atoms with Crippen LogP contribution in [-0.2, 0) is 4.74 Å². The number of carbonyl (C=O) groups is 1. The average molecular weight is 298 g/mol. The van der Waals surface area contributed by atoms with Crippen LogP contribution in [0.4, 0.5) is 0 Å². The number of aromatic nitrogens is 1. The highest BCUT2D eigenvalue weighted by Gasteiger charge is 2.27. The molecule has 1 saturated heterocycles. The van der Waals surface area contributed by atoms with Crippen LogP contribution in [0.25, 0.3) is 0 Å². The predicted molar refractivity (Wildman–Crippen MR) is 82.8 cm³/mol. The molecule has 2 heterocycles. The number of carbonyl (C=O) groups excluding carboxylic acids is 1. The monoisotopic (exact) mass is 298 g/mol. The number of hydrogen-bond acceptors (Lipinski definition) is 3. The smallest absolute Gasteiger partial charge is 0.259 e. The van der Waals surface area contributed by atoms with E-state index < -0.39 is 0 Å². The van der Waals surface area contributed by atoms with E-state index in [9.17, 15) is 9.59 Å².